The van der Waals surface area contributed by atoms with E-state index in [9.17, 15) is 0 Å². The number of para-hydroxylation sites is 1. The van der Waals surface area contributed by atoms with Crippen LogP contribution >= 0.6 is 0 Å². The van der Waals surface area contributed by atoms with Crippen molar-refractivity contribution in [2.45, 2.75) is 12.5 Å². The van der Waals surface area contributed by atoms with E-state index in [-0.39, 0.29) is 0 Å². The van der Waals surface area contributed by atoms with Crippen LogP contribution in [0.4, 0.5) is 5.69 Å². The summed E-state index contributed by atoms with van der Waals surface area (Å²) in [5, 5.41) is 3.48. The first-order chi connectivity index (χ1) is 9.35. The first kappa shape index (κ1) is 11.9. The van der Waals surface area contributed by atoms with Crippen molar-refractivity contribution in [2.24, 2.45) is 0 Å². The van der Waals surface area contributed by atoms with E-state index in [0.717, 1.165) is 17.9 Å². The summed E-state index contributed by atoms with van der Waals surface area (Å²) >= 11 is 0. The minimum absolute atomic E-state index is 0.337. The number of nitrogens with one attached hydrogen (secondary N) is 1. The number of fused-ring (bicyclic) bond motifs is 1. The molecule has 1 unspecified atom stereocenters. The van der Waals surface area contributed by atoms with Gasteiger partial charge < -0.3 is 14.8 Å². The van der Waals surface area contributed by atoms with E-state index in [2.05, 4.69) is 29.6 Å². The van der Waals surface area contributed by atoms with Gasteiger partial charge in [-0.3, -0.25) is 0 Å². The Morgan fingerprint density at radius 3 is 2.79 bits per heavy atom. The summed E-state index contributed by atoms with van der Waals surface area (Å²) < 4.78 is 11.0. The van der Waals surface area contributed by atoms with E-state index in [1.807, 2.05) is 24.3 Å². The zero-order valence-corrected chi connectivity index (χ0v) is 10.9. The maximum absolute atomic E-state index is 5.82. The lowest BCUT2D eigenvalue weighted by Gasteiger charge is -2.13. The summed E-state index contributed by atoms with van der Waals surface area (Å²) in [5.74, 6) is 1.66. The Labute approximate surface area is 113 Å². The molecule has 0 aromatic heterocycles. The van der Waals surface area contributed by atoms with Gasteiger partial charge in [-0.1, -0.05) is 24.3 Å². The molecule has 98 valence electrons. The lowest BCUT2D eigenvalue weighted by molar-refractivity contribution is 0.297. The maximum atomic E-state index is 5.82. The molecule has 0 bridgehead atoms. The molecule has 0 spiro atoms. The predicted molar refractivity (Wildman–Crippen MR) is 76.0 cm³/mol. The summed E-state index contributed by atoms with van der Waals surface area (Å²) in [7, 11) is 1.66. The normalized spacial score (nSPS) is 16.6. The lowest BCUT2D eigenvalue weighted by Crippen LogP contribution is -2.24. The summed E-state index contributed by atoms with van der Waals surface area (Å²) in [6.45, 7) is 0.655. The molecule has 19 heavy (non-hydrogen) atoms. The molecule has 0 saturated carbocycles. The zero-order valence-electron chi connectivity index (χ0n) is 10.9. The highest BCUT2D eigenvalue weighted by Gasteiger charge is 2.20. The molecule has 1 heterocycles. The van der Waals surface area contributed by atoms with Crippen LogP contribution in [0.3, 0.4) is 0 Å². The number of hydrogen-bond donors (Lipinski definition) is 1. The van der Waals surface area contributed by atoms with Crippen molar-refractivity contribution in [3.8, 4) is 11.5 Å². The number of methoxy groups -OCH3 is 1. The van der Waals surface area contributed by atoms with E-state index >= 15 is 0 Å². The highest BCUT2D eigenvalue weighted by Crippen LogP contribution is 2.26. The molecular weight excluding hydrogens is 238 g/mol. The number of benzene rings is 2. The van der Waals surface area contributed by atoms with Gasteiger partial charge in [0.05, 0.1) is 13.2 Å². The number of anilines is 1. The van der Waals surface area contributed by atoms with Crippen LogP contribution in [0.5, 0.6) is 11.5 Å². The van der Waals surface area contributed by atoms with Gasteiger partial charge >= 0.3 is 0 Å². The predicted octanol–water partition coefficient (Wildman–Crippen LogP) is 3.11. The Balaban J connectivity index is 1.59. The quantitative estimate of drug-likeness (QED) is 0.910. The Kier molecular flexibility index (Phi) is 3.27. The largest absolute Gasteiger partial charge is 0.497 e. The molecule has 0 amide bonds. The molecular formula is C16H17NO2. The fourth-order valence-corrected chi connectivity index (χ4v) is 2.36. The fraction of sp³-hybridized carbons (Fsp3) is 0.250. The van der Waals surface area contributed by atoms with E-state index in [1.165, 1.54) is 11.3 Å². The summed E-state index contributed by atoms with van der Waals surface area (Å²) in [6.07, 6.45) is 1.01. The molecule has 1 N–H and O–H groups in total. The Hall–Kier alpha value is -2.16. The SMILES string of the molecule is COc1cccc(OCC2Cc3ccccc3N2)c1. The fourth-order valence-electron chi connectivity index (χ4n) is 2.36. The van der Waals surface area contributed by atoms with Crippen molar-refractivity contribution in [2.75, 3.05) is 19.0 Å². The molecule has 3 nitrogen and oxygen atoms in total. The molecule has 3 rings (SSSR count). The average molecular weight is 255 g/mol. The second-order valence-corrected chi connectivity index (χ2v) is 4.69. The van der Waals surface area contributed by atoms with Gasteiger partial charge in [0.2, 0.25) is 0 Å². The molecule has 1 aliphatic heterocycles. The third-order valence-corrected chi connectivity index (χ3v) is 3.34. The van der Waals surface area contributed by atoms with Crippen LogP contribution in [0.1, 0.15) is 5.56 Å². The Morgan fingerprint density at radius 2 is 1.95 bits per heavy atom. The average Bonchev–Trinajstić information content (AvgIpc) is 2.88. The van der Waals surface area contributed by atoms with Crippen molar-refractivity contribution in [1.29, 1.82) is 0 Å². The van der Waals surface area contributed by atoms with Crippen LogP contribution in [-0.2, 0) is 6.42 Å². The molecule has 0 fully saturated rings. The van der Waals surface area contributed by atoms with Gasteiger partial charge in [-0.15, -0.1) is 0 Å². The molecule has 0 aliphatic carbocycles. The Morgan fingerprint density at radius 1 is 1.11 bits per heavy atom. The van der Waals surface area contributed by atoms with E-state index in [0.29, 0.717) is 12.6 Å². The lowest BCUT2D eigenvalue weighted by atomic mass is 10.1. The first-order valence-corrected chi connectivity index (χ1v) is 6.46. The van der Waals surface area contributed by atoms with Gasteiger partial charge in [-0.05, 0) is 30.2 Å². The summed E-state index contributed by atoms with van der Waals surface area (Å²) in [6, 6.07) is 16.4. The zero-order chi connectivity index (χ0) is 13.1. The van der Waals surface area contributed by atoms with Gasteiger partial charge in [0.15, 0.2) is 0 Å². The second-order valence-electron chi connectivity index (χ2n) is 4.69. The minimum atomic E-state index is 0.337. The maximum Gasteiger partial charge on any atom is 0.123 e. The van der Waals surface area contributed by atoms with Gasteiger partial charge in [0, 0.05) is 11.8 Å². The van der Waals surface area contributed by atoms with Gasteiger partial charge in [-0.25, -0.2) is 0 Å². The van der Waals surface area contributed by atoms with E-state index < -0.39 is 0 Å². The van der Waals surface area contributed by atoms with Gasteiger partial charge in [-0.2, -0.15) is 0 Å². The molecule has 0 radical (unpaired) electrons. The van der Waals surface area contributed by atoms with Crippen LogP contribution < -0.4 is 14.8 Å². The molecule has 1 aliphatic rings. The highest BCUT2D eigenvalue weighted by atomic mass is 16.5. The molecule has 3 heteroatoms. The van der Waals surface area contributed by atoms with Gasteiger partial charge in [0.1, 0.15) is 18.1 Å². The molecule has 2 aromatic rings. The number of ether oxygens (including phenoxy) is 2. The minimum Gasteiger partial charge on any atom is -0.497 e. The second kappa shape index (κ2) is 5.22. The first-order valence-electron chi connectivity index (χ1n) is 6.46. The highest BCUT2D eigenvalue weighted by molar-refractivity contribution is 5.56. The Bertz CT molecular complexity index is 543. The van der Waals surface area contributed by atoms with Crippen molar-refractivity contribution in [3.63, 3.8) is 0 Å². The molecule has 1 atom stereocenters. The van der Waals surface area contributed by atoms with Gasteiger partial charge in [0.25, 0.3) is 0 Å². The summed E-state index contributed by atoms with van der Waals surface area (Å²) in [4.78, 5) is 0. The van der Waals surface area contributed by atoms with Crippen LogP contribution in [0.25, 0.3) is 0 Å². The number of hydrogen-bond acceptors (Lipinski definition) is 3. The monoisotopic (exact) mass is 255 g/mol. The van der Waals surface area contributed by atoms with Crippen LogP contribution in [-0.4, -0.2) is 19.8 Å². The van der Waals surface area contributed by atoms with Crippen molar-refractivity contribution in [1.82, 2.24) is 0 Å². The third kappa shape index (κ3) is 2.65. The topological polar surface area (TPSA) is 30.5 Å². The van der Waals surface area contributed by atoms with Crippen molar-refractivity contribution < 1.29 is 9.47 Å². The van der Waals surface area contributed by atoms with Crippen LogP contribution in [0, 0.1) is 0 Å². The van der Waals surface area contributed by atoms with Crippen molar-refractivity contribution in [3.05, 3.63) is 54.1 Å². The third-order valence-electron chi connectivity index (χ3n) is 3.34. The van der Waals surface area contributed by atoms with E-state index in [4.69, 9.17) is 9.47 Å². The van der Waals surface area contributed by atoms with E-state index in [1.54, 1.807) is 7.11 Å². The summed E-state index contributed by atoms with van der Waals surface area (Å²) in [5.41, 5.74) is 2.59. The standard InChI is InChI=1S/C16H17NO2/c1-18-14-6-4-7-15(10-14)19-11-13-9-12-5-2-3-8-16(12)17-13/h2-8,10,13,17H,9,11H2,1H3. The van der Waals surface area contributed by atoms with Crippen molar-refractivity contribution >= 4 is 5.69 Å². The van der Waals surface area contributed by atoms with Crippen LogP contribution in [0.15, 0.2) is 48.5 Å². The molecule has 2 aromatic carbocycles. The smallest absolute Gasteiger partial charge is 0.123 e. The number of rotatable bonds is 4. The molecule has 0 saturated heterocycles. The van der Waals surface area contributed by atoms with Crippen LogP contribution in [0.2, 0.25) is 0 Å².